The zero-order valence-electron chi connectivity index (χ0n) is 17.5. The van der Waals surface area contributed by atoms with E-state index in [0.717, 1.165) is 27.3 Å². The maximum Gasteiger partial charge on any atom is 0.251 e. The van der Waals surface area contributed by atoms with Gasteiger partial charge in [0.15, 0.2) is 0 Å². The predicted molar refractivity (Wildman–Crippen MR) is 118 cm³/mol. The maximum atomic E-state index is 12.9. The van der Waals surface area contributed by atoms with Crippen molar-refractivity contribution in [1.29, 1.82) is 0 Å². The van der Waals surface area contributed by atoms with E-state index < -0.39 is 0 Å². The van der Waals surface area contributed by atoms with Crippen molar-refractivity contribution in [1.82, 2.24) is 14.9 Å². The van der Waals surface area contributed by atoms with E-state index in [1.807, 2.05) is 19.1 Å². The summed E-state index contributed by atoms with van der Waals surface area (Å²) in [6.07, 6.45) is 0. The van der Waals surface area contributed by atoms with E-state index in [1.165, 1.54) is 17.1 Å². The second kappa shape index (κ2) is 9.29. The van der Waals surface area contributed by atoms with Crippen molar-refractivity contribution in [3.05, 3.63) is 58.5 Å². The number of rotatable bonds is 7. The molecule has 1 amide bonds. The zero-order chi connectivity index (χ0) is 21.0. The van der Waals surface area contributed by atoms with E-state index in [-0.39, 0.29) is 11.9 Å². The highest BCUT2D eigenvalue weighted by molar-refractivity contribution is 7.06. The van der Waals surface area contributed by atoms with Crippen LogP contribution in [0.5, 0.6) is 0 Å². The van der Waals surface area contributed by atoms with Gasteiger partial charge in [-0.1, -0.05) is 48.2 Å². The fourth-order valence-electron chi connectivity index (χ4n) is 3.18. The molecular formula is C23H27N3O2S. The third kappa shape index (κ3) is 5.08. The van der Waals surface area contributed by atoms with Crippen LogP contribution in [0, 0.1) is 6.92 Å². The van der Waals surface area contributed by atoms with Gasteiger partial charge in [-0.25, -0.2) is 0 Å². The van der Waals surface area contributed by atoms with Crippen LogP contribution in [0.4, 0.5) is 0 Å². The molecule has 5 nitrogen and oxygen atoms in total. The normalized spacial score (nSPS) is 12.2. The van der Waals surface area contributed by atoms with E-state index in [0.29, 0.717) is 18.1 Å². The average Bonchev–Trinajstić information content (AvgIpc) is 3.18. The first kappa shape index (κ1) is 21.1. The van der Waals surface area contributed by atoms with Crippen molar-refractivity contribution in [2.24, 2.45) is 0 Å². The number of carbonyl (C=O) groups is 1. The van der Waals surface area contributed by atoms with Crippen molar-refractivity contribution in [3.63, 3.8) is 0 Å². The summed E-state index contributed by atoms with van der Waals surface area (Å²) >= 11 is 1.41. The molecule has 3 aromatic rings. The molecule has 3 rings (SSSR count). The van der Waals surface area contributed by atoms with Crippen LogP contribution in [0.25, 0.3) is 22.4 Å². The van der Waals surface area contributed by atoms with Gasteiger partial charge in [0.05, 0.1) is 11.5 Å². The summed E-state index contributed by atoms with van der Waals surface area (Å²) in [7, 11) is 1.63. The largest absolute Gasteiger partial charge is 0.383 e. The van der Waals surface area contributed by atoms with Crippen LogP contribution in [0.3, 0.4) is 0 Å². The number of nitrogens with zero attached hydrogens (tertiary/aromatic N) is 2. The molecular weight excluding hydrogens is 382 g/mol. The highest BCUT2D eigenvalue weighted by atomic mass is 32.1. The summed E-state index contributed by atoms with van der Waals surface area (Å²) in [5, 5.41) is 7.36. The number of methoxy groups -OCH3 is 1. The van der Waals surface area contributed by atoms with Gasteiger partial charge in [-0.2, -0.15) is 0 Å². The Hall–Kier alpha value is -2.57. The monoisotopic (exact) mass is 409 g/mol. The standard InChI is InChI=1S/C23H27N3O2S/c1-14(2)22-21(25-26-29-22)19-10-18(17-8-6-15(3)7-9-17)11-20(12-19)23(27)24-16(4)13-28-5/h6-12,14,16H,13H2,1-5H3,(H,24,27). The number of hydrogen-bond donors (Lipinski definition) is 1. The molecule has 0 aliphatic rings. The van der Waals surface area contributed by atoms with Gasteiger partial charge in [-0.05, 0) is 60.6 Å². The molecule has 0 aliphatic heterocycles. The third-order valence-corrected chi connectivity index (χ3v) is 5.71. The van der Waals surface area contributed by atoms with Gasteiger partial charge < -0.3 is 10.1 Å². The van der Waals surface area contributed by atoms with Crippen LogP contribution in [0.2, 0.25) is 0 Å². The van der Waals surface area contributed by atoms with Crippen LogP contribution < -0.4 is 5.32 Å². The molecule has 0 radical (unpaired) electrons. The Morgan fingerprint density at radius 1 is 1.07 bits per heavy atom. The number of aromatic nitrogens is 2. The molecule has 0 saturated carbocycles. The molecule has 2 aromatic carbocycles. The quantitative estimate of drug-likeness (QED) is 0.592. The van der Waals surface area contributed by atoms with Crippen molar-refractivity contribution < 1.29 is 9.53 Å². The highest BCUT2D eigenvalue weighted by Crippen LogP contribution is 2.33. The molecule has 1 unspecified atom stereocenters. The molecule has 152 valence electrons. The van der Waals surface area contributed by atoms with E-state index in [1.54, 1.807) is 7.11 Å². The summed E-state index contributed by atoms with van der Waals surface area (Å²) in [5.74, 6) is 0.186. The van der Waals surface area contributed by atoms with Gasteiger partial charge in [0, 0.05) is 24.3 Å². The van der Waals surface area contributed by atoms with Crippen molar-refractivity contribution in [3.8, 4) is 22.4 Å². The molecule has 1 heterocycles. The number of aryl methyl sites for hydroxylation is 1. The first-order chi connectivity index (χ1) is 13.9. The van der Waals surface area contributed by atoms with Crippen LogP contribution >= 0.6 is 11.5 Å². The maximum absolute atomic E-state index is 12.9. The van der Waals surface area contributed by atoms with Gasteiger partial charge in [-0.3, -0.25) is 4.79 Å². The average molecular weight is 410 g/mol. The molecule has 0 spiro atoms. The number of benzene rings is 2. The minimum Gasteiger partial charge on any atom is -0.383 e. The van der Waals surface area contributed by atoms with Gasteiger partial charge in [-0.15, -0.1) is 5.10 Å². The summed E-state index contributed by atoms with van der Waals surface area (Å²) in [4.78, 5) is 14.0. The summed E-state index contributed by atoms with van der Waals surface area (Å²) in [6, 6.07) is 14.1. The Labute approximate surface area is 176 Å². The number of amides is 1. The lowest BCUT2D eigenvalue weighted by molar-refractivity contribution is 0.0905. The molecule has 29 heavy (non-hydrogen) atoms. The van der Waals surface area contributed by atoms with Gasteiger partial charge in [0.25, 0.3) is 5.91 Å². The molecule has 0 aliphatic carbocycles. The molecule has 1 atom stereocenters. The molecule has 0 saturated heterocycles. The number of ether oxygens (including phenoxy) is 1. The zero-order valence-corrected chi connectivity index (χ0v) is 18.3. The van der Waals surface area contributed by atoms with Crippen molar-refractivity contribution in [2.75, 3.05) is 13.7 Å². The van der Waals surface area contributed by atoms with Gasteiger partial charge >= 0.3 is 0 Å². The smallest absolute Gasteiger partial charge is 0.251 e. The number of carbonyl (C=O) groups excluding carboxylic acids is 1. The molecule has 0 bridgehead atoms. The summed E-state index contributed by atoms with van der Waals surface area (Å²) < 4.78 is 9.29. The Bertz CT molecular complexity index is 980. The van der Waals surface area contributed by atoms with Crippen molar-refractivity contribution >= 4 is 17.4 Å². The minimum atomic E-state index is -0.126. The predicted octanol–water partition coefficient (Wildman–Crippen LogP) is 5.07. The van der Waals surface area contributed by atoms with Crippen LogP contribution in [0.1, 0.15) is 47.5 Å². The van der Waals surface area contributed by atoms with Crippen molar-refractivity contribution in [2.45, 2.75) is 39.7 Å². The Balaban J connectivity index is 2.08. The fraction of sp³-hybridized carbons (Fsp3) is 0.348. The highest BCUT2D eigenvalue weighted by Gasteiger charge is 2.18. The first-order valence-corrected chi connectivity index (χ1v) is 10.5. The summed E-state index contributed by atoms with van der Waals surface area (Å²) in [6.45, 7) is 8.70. The second-order valence-corrected chi connectivity index (χ2v) is 8.42. The van der Waals surface area contributed by atoms with E-state index in [2.05, 4.69) is 66.0 Å². The van der Waals surface area contributed by atoms with Gasteiger partial charge in [0.1, 0.15) is 5.69 Å². The number of nitrogens with one attached hydrogen (secondary N) is 1. The molecule has 1 N–H and O–H groups in total. The van der Waals surface area contributed by atoms with Gasteiger partial charge in [0.2, 0.25) is 0 Å². The Kier molecular flexibility index (Phi) is 6.77. The Morgan fingerprint density at radius 3 is 2.41 bits per heavy atom. The molecule has 0 fully saturated rings. The minimum absolute atomic E-state index is 0.0776. The van der Waals surface area contributed by atoms with Crippen LogP contribution in [-0.2, 0) is 4.74 Å². The third-order valence-electron chi connectivity index (χ3n) is 4.69. The van der Waals surface area contributed by atoms with E-state index in [4.69, 9.17) is 4.74 Å². The SMILES string of the molecule is COCC(C)NC(=O)c1cc(-c2ccc(C)cc2)cc(-c2nnsc2C(C)C)c1. The van der Waals surface area contributed by atoms with Crippen LogP contribution in [-0.4, -0.2) is 35.3 Å². The second-order valence-electron chi connectivity index (χ2n) is 7.64. The molecule has 6 heteroatoms. The summed E-state index contributed by atoms with van der Waals surface area (Å²) in [5.41, 5.74) is 5.59. The number of hydrogen-bond acceptors (Lipinski definition) is 5. The lowest BCUT2D eigenvalue weighted by Crippen LogP contribution is -2.35. The van der Waals surface area contributed by atoms with E-state index >= 15 is 0 Å². The topological polar surface area (TPSA) is 64.1 Å². The Morgan fingerprint density at radius 2 is 1.76 bits per heavy atom. The lowest BCUT2D eigenvalue weighted by Gasteiger charge is -2.15. The van der Waals surface area contributed by atoms with Crippen LogP contribution in [0.15, 0.2) is 42.5 Å². The lowest BCUT2D eigenvalue weighted by atomic mass is 9.96. The first-order valence-electron chi connectivity index (χ1n) is 9.73. The molecule has 1 aromatic heterocycles. The fourth-order valence-corrected chi connectivity index (χ4v) is 3.85. The van der Waals surface area contributed by atoms with E-state index in [9.17, 15) is 4.79 Å².